The molecule has 3 N–H and O–H groups in total. The van der Waals surface area contributed by atoms with Crippen LogP contribution in [0.1, 0.15) is 99.5 Å². The molecular formula is C22H39NO2. The van der Waals surface area contributed by atoms with Gasteiger partial charge in [-0.25, -0.2) is 4.79 Å². The van der Waals surface area contributed by atoms with Gasteiger partial charge in [-0.2, -0.15) is 0 Å². The molecule has 3 heteroatoms. The lowest BCUT2D eigenvalue weighted by Gasteiger charge is -2.09. The number of carboxylic acid groups (broad SMARTS) is 1. The molecule has 1 aromatic carbocycles. The second-order valence-corrected chi connectivity index (χ2v) is 6.75. The molecule has 0 radical (unpaired) electrons. The van der Waals surface area contributed by atoms with Crippen LogP contribution in [0.4, 0.5) is 0 Å². The fourth-order valence-corrected chi connectivity index (χ4v) is 3.02. The summed E-state index contributed by atoms with van der Waals surface area (Å²) in [7, 11) is 0. The van der Waals surface area contributed by atoms with Crippen LogP contribution >= 0.6 is 0 Å². The summed E-state index contributed by atoms with van der Waals surface area (Å²) in [4.78, 5) is 11.3. The highest BCUT2D eigenvalue weighted by Crippen LogP contribution is 2.18. The Labute approximate surface area is 155 Å². The Hall–Kier alpha value is -1.35. The molecule has 0 bridgehead atoms. The third-order valence-corrected chi connectivity index (χ3v) is 4.42. The smallest absolute Gasteiger partial charge is 0.335 e. The maximum atomic E-state index is 11.3. The van der Waals surface area contributed by atoms with Crippen LogP contribution in [-0.4, -0.2) is 17.6 Å². The molecule has 3 nitrogen and oxygen atoms in total. The molecule has 0 aliphatic rings. The first-order valence-electron chi connectivity index (χ1n) is 10.1. The predicted molar refractivity (Wildman–Crippen MR) is 108 cm³/mol. The lowest BCUT2D eigenvalue weighted by molar-refractivity contribution is 0.0695. The minimum absolute atomic E-state index is 0.482. The molecular weight excluding hydrogens is 310 g/mol. The summed E-state index contributed by atoms with van der Waals surface area (Å²) in [6, 6.07) is 5.57. The third-order valence-electron chi connectivity index (χ3n) is 4.42. The molecule has 0 aliphatic carbocycles. The molecule has 0 saturated heterocycles. The van der Waals surface area contributed by atoms with E-state index >= 15 is 0 Å². The van der Waals surface area contributed by atoms with E-state index in [0.717, 1.165) is 30.5 Å². The van der Waals surface area contributed by atoms with Gasteiger partial charge in [-0.15, -0.1) is 0 Å². The standard InChI is InChI=1S/C20H32O2.C2H7N/c1-3-4-5-6-7-8-9-10-11-12-15-18-17(2)14-13-16-19(18)20(21)22;1-2-3/h13-14,16H,3-12,15H2,1-2H3,(H,21,22);2-3H2,1H3. The fourth-order valence-electron chi connectivity index (χ4n) is 3.02. The molecule has 144 valence electrons. The molecule has 0 unspecified atom stereocenters. The highest BCUT2D eigenvalue weighted by Gasteiger charge is 2.11. The van der Waals surface area contributed by atoms with E-state index < -0.39 is 5.97 Å². The van der Waals surface area contributed by atoms with Crippen molar-refractivity contribution in [2.45, 2.75) is 91.4 Å². The van der Waals surface area contributed by atoms with Crippen molar-refractivity contribution >= 4 is 5.97 Å². The summed E-state index contributed by atoms with van der Waals surface area (Å²) in [5.41, 5.74) is 7.46. The normalized spacial score (nSPS) is 10.2. The van der Waals surface area contributed by atoms with Crippen LogP contribution in [0, 0.1) is 6.92 Å². The minimum Gasteiger partial charge on any atom is -0.478 e. The van der Waals surface area contributed by atoms with E-state index in [-0.39, 0.29) is 0 Å². The van der Waals surface area contributed by atoms with E-state index in [1.807, 2.05) is 26.0 Å². The van der Waals surface area contributed by atoms with Gasteiger partial charge in [0.15, 0.2) is 0 Å². The Kier molecular flexibility index (Phi) is 15.3. The Morgan fingerprint density at radius 2 is 1.40 bits per heavy atom. The van der Waals surface area contributed by atoms with Crippen molar-refractivity contribution < 1.29 is 9.90 Å². The zero-order valence-electron chi connectivity index (χ0n) is 16.7. The van der Waals surface area contributed by atoms with Gasteiger partial charge in [0, 0.05) is 0 Å². The molecule has 0 fully saturated rings. The van der Waals surface area contributed by atoms with E-state index in [0.29, 0.717) is 5.56 Å². The van der Waals surface area contributed by atoms with Gasteiger partial charge in [0.05, 0.1) is 5.56 Å². The quantitative estimate of drug-likeness (QED) is 0.447. The fraction of sp³-hybridized carbons (Fsp3) is 0.682. The third kappa shape index (κ3) is 11.8. The predicted octanol–water partition coefficient (Wildman–Crippen LogP) is 6.12. The SMILES string of the molecule is CCCCCCCCCCCCc1c(C)cccc1C(=O)O.CCN. The molecule has 0 saturated carbocycles. The van der Waals surface area contributed by atoms with Crippen molar-refractivity contribution in [1.82, 2.24) is 0 Å². The Balaban J connectivity index is 0.00000178. The maximum absolute atomic E-state index is 11.3. The van der Waals surface area contributed by atoms with Gasteiger partial charge in [0.25, 0.3) is 0 Å². The maximum Gasteiger partial charge on any atom is 0.335 e. The van der Waals surface area contributed by atoms with Crippen LogP contribution in [-0.2, 0) is 6.42 Å². The molecule has 0 heterocycles. The zero-order chi connectivity index (χ0) is 18.9. The minimum atomic E-state index is -0.800. The average molecular weight is 350 g/mol. The second-order valence-electron chi connectivity index (χ2n) is 6.75. The number of hydrogen-bond donors (Lipinski definition) is 2. The van der Waals surface area contributed by atoms with Crippen LogP contribution in [0.2, 0.25) is 0 Å². The van der Waals surface area contributed by atoms with Crippen molar-refractivity contribution in [3.05, 3.63) is 34.9 Å². The average Bonchev–Trinajstić information content (AvgIpc) is 2.58. The molecule has 0 amide bonds. The molecule has 25 heavy (non-hydrogen) atoms. The largest absolute Gasteiger partial charge is 0.478 e. The van der Waals surface area contributed by atoms with Gasteiger partial charge in [0.2, 0.25) is 0 Å². The van der Waals surface area contributed by atoms with Gasteiger partial charge in [-0.3, -0.25) is 0 Å². The number of hydrogen-bond acceptors (Lipinski definition) is 2. The lowest BCUT2D eigenvalue weighted by Crippen LogP contribution is -2.04. The summed E-state index contributed by atoms with van der Waals surface area (Å²) in [5.74, 6) is -0.800. The number of aromatic carboxylic acids is 1. The van der Waals surface area contributed by atoms with Crippen LogP contribution in [0.15, 0.2) is 18.2 Å². The highest BCUT2D eigenvalue weighted by atomic mass is 16.4. The zero-order valence-corrected chi connectivity index (χ0v) is 16.7. The first-order chi connectivity index (χ1) is 12.1. The lowest BCUT2D eigenvalue weighted by atomic mass is 9.96. The van der Waals surface area contributed by atoms with E-state index in [1.165, 1.54) is 57.8 Å². The number of nitrogens with two attached hydrogens (primary N) is 1. The van der Waals surface area contributed by atoms with E-state index in [9.17, 15) is 9.90 Å². The van der Waals surface area contributed by atoms with Crippen LogP contribution < -0.4 is 5.73 Å². The number of carbonyl (C=O) groups is 1. The Morgan fingerprint density at radius 3 is 1.88 bits per heavy atom. The van der Waals surface area contributed by atoms with Crippen molar-refractivity contribution in [3.63, 3.8) is 0 Å². The topological polar surface area (TPSA) is 63.3 Å². The van der Waals surface area contributed by atoms with Crippen LogP contribution in [0.3, 0.4) is 0 Å². The van der Waals surface area contributed by atoms with E-state index in [1.54, 1.807) is 6.07 Å². The first-order valence-corrected chi connectivity index (χ1v) is 10.1. The molecule has 0 aromatic heterocycles. The van der Waals surface area contributed by atoms with Crippen LogP contribution in [0.5, 0.6) is 0 Å². The monoisotopic (exact) mass is 349 g/mol. The van der Waals surface area contributed by atoms with Crippen molar-refractivity contribution in [1.29, 1.82) is 0 Å². The van der Waals surface area contributed by atoms with Gasteiger partial charge < -0.3 is 10.8 Å². The van der Waals surface area contributed by atoms with E-state index in [2.05, 4.69) is 6.92 Å². The molecule has 1 rings (SSSR count). The summed E-state index contributed by atoms with van der Waals surface area (Å²) in [6.45, 7) is 6.92. The first kappa shape index (κ1) is 23.6. The number of unbranched alkanes of at least 4 members (excludes halogenated alkanes) is 9. The van der Waals surface area contributed by atoms with E-state index in [4.69, 9.17) is 5.73 Å². The molecule has 1 aromatic rings. The summed E-state index contributed by atoms with van der Waals surface area (Å²) in [5, 5.41) is 9.25. The molecule has 0 spiro atoms. The van der Waals surface area contributed by atoms with Crippen LogP contribution in [0.25, 0.3) is 0 Å². The Bertz CT molecular complexity index is 457. The Morgan fingerprint density at radius 1 is 0.920 bits per heavy atom. The van der Waals surface area contributed by atoms with Gasteiger partial charge in [-0.05, 0) is 43.5 Å². The number of aryl methyl sites for hydroxylation is 1. The van der Waals surface area contributed by atoms with Crippen molar-refractivity contribution in [3.8, 4) is 0 Å². The summed E-state index contributed by atoms with van der Waals surface area (Å²) < 4.78 is 0. The highest BCUT2D eigenvalue weighted by molar-refractivity contribution is 5.89. The van der Waals surface area contributed by atoms with Gasteiger partial charge >= 0.3 is 5.97 Å². The molecule has 0 aliphatic heterocycles. The summed E-state index contributed by atoms with van der Waals surface area (Å²) in [6.07, 6.45) is 14.0. The number of carboxylic acids is 1. The van der Waals surface area contributed by atoms with Crippen molar-refractivity contribution in [2.75, 3.05) is 6.54 Å². The molecule has 0 atom stereocenters. The summed E-state index contributed by atoms with van der Waals surface area (Å²) >= 11 is 0. The van der Waals surface area contributed by atoms with Crippen molar-refractivity contribution in [2.24, 2.45) is 5.73 Å². The second kappa shape index (κ2) is 16.1. The number of rotatable bonds is 12. The number of benzene rings is 1. The van der Waals surface area contributed by atoms with Gasteiger partial charge in [0.1, 0.15) is 0 Å². The van der Waals surface area contributed by atoms with Gasteiger partial charge in [-0.1, -0.05) is 83.8 Å².